The van der Waals surface area contributed by atoms with Crippen molar-refractivity contribution in [3.63, 3.8) is 0 Å². The molecule has 22 heavy (non-hydrogen) atoms. The lowest BCUT2D eigenvalue weighted by Crippen LogP contribution is -2.11. The highest BCUT2D eigenvalue weighted by molar-refractivity contribution is 7.99. The zero-order chi connectivity index (χ0) is 14.8. The number of hydrogen-bond acceptors (Lipinski definition) is 7. The molecular weight excluding hydrogens is 302 g/mol. The van der Waals surface area contributed by atoms with Crippen molar-refractivity contribution >= 4 is 17.4 Å². The second-order valence-corrected chi connectivity index (χ2v) is 5.66. The summed E-state index contributed by atoms with van der Waals surface area (Å²) in [5.41, 5.74) is 2.30. The van der Waals surface area contributed by atoms with Crippen molar-refractivity contribution in [3.05, 3.63) is 36.5 Å². The topological polar surface area (TPSA) is 74.4 Å². The Hall–Kier alpha value is -2.03. The van der Waals surface area contributed by atoms with Gasteiger partial charge in [0.15, 0.2) is 11.9 Å². The lowest BCUT2D eigenvalue weighted by molar-refractivity contribution is -0.0215. The third-order valence-electron chi connectivity index (χ3n) is 3.20. The van der Waals surface area contributed by atoms with E-state index in [1.165, 1.54) is 11.8 Å². The van der Waals surface area contributed by atoms with Gasteiger partial charge in [-0.15, -0.1) is 10.2 Å². The van der Waals surface area contributed by atoms with Crippen LogP contribution in [-0.2, 0) is 9.47 Å². The molecule has 0 bridgehead atoms. The maximum Gasteiger partial charge on any atom is 0.212 e. The SMILES string of the molecule is c1ccc(-c2ccc3nnc(SCC4OCCO4)n3n2)nc1. The molecule has 0 aliphatic carbocycles. The Morgan fingerprint density at radius 3 is 2.82 bits per heavy atom. The molecule has 3 aromatic heterocycles. The van der Waals surface area contributed by atoms with Crippen LogP contribution in [0.5, 0.6) is 0 Å². The van der Waals surface area contributed by atoms with E-state index in [0.717, 1.165) is 11.4 Å². The molecule has 0 spiro atoms. The molecular formula is C14H13N5O2S. The van der Waals surface area contributed by atoms with Crippen LogP contribution in [0.3, 0.4) is 0 Å². The molecule has 3 aromatic rings. The first kappa shape index (κ1) is 13.6. The average Bonchev–Trinajstić information content (AvgIpc) is 3.23. The van der Waals surface area contributed by atoms with E-state index in [9.17, 15) is 0 Å². The zero-order valence-corrected chi connectivity index (χ0v) is 12.4. The van der Waals surface area contributed by atoms with E-state index in [1.54, 1.807) is 10.7 Å². The van der Waals surface area contributed by atoms with Gasteiger partial charge in [-0.3, -0.25) is 4.98 Å². The average molecular weight is 315 g/mol. The van der Waals surface area contributed by atoms with E-state index >= 15 is 0 Å². The minimum atomic E-state index is -0.184. The van der Waals surface area contributed by atoms with Crippen LogP contribution >= 0.6 is 11.8 Å². The van der Waals surface area contributed by atoms with E-state index in [0.29, 0.717) is 29.8 Å². The van der Waals surface area contributed by atoms with Crippen LogP contribution in [0, 0.1) is 0 Å². The molecule has 0 saturated carbocycles. The van der Waals surface area contributed by atoms with Gasteiger partial charge < -0.3 is 9.47 Å². The van der Waals surface area contributed by atoms with Crippen molar-refractivity contribution in [1.29, 1.82) is 0 Å². The number of hydrogen-bond donors (Lipinski definition) is 0. The number of ether oxygens (including phenoxy) is 2. The van der Waals surface area contributed by atoms with Gasteiger partial charge in [0.25, 0.3) is 0 Å². The van der Waals surface area contributed by atoms with E-state index in [1.807, 2.05) is 30.3 Å². The van der Waals surface area contributed by atoms with Gasteiger partial charge in [0, 0.05) is 6.20 Å². The summed E-state index contributed by atoms with van der Waals surface area (Å²) in [5, 5.41) is 13.6. The van der Waals surface area contributed by atoms with E-state index < -0.39 is 0 Å². The summed E-state index contributed by atoms with van der Waals surface area (Å²) >= 11 is 1.51. The van der Waals surface area contributed by atoms with Crippen LogP contribution in [0.4, 0.5) is 0 Å². The highest BCUT2D eigenvalue weighted by Gasteiger charge is 2.18. The van der Waals surface area contributed by atoms with Gasteiger partial charge in [-0.25, -0.2) is 0 Å². The molecule has 0 unspecified atom stereocenters. The monoisotopic (exact) mass is 315 g/mol. The lowest BCUT2D eigenvalue weighted by Gasteiger charge is -2.07. The fourth-order valence-corrected chi connectivity index (χ4v) is 2.99. The van der Waals surface area contributed by atoms with Crippen LogP contribution in [0.1, 0.15) is 0 Å². The Morgan fingerprint density at radius 2 is 2.00 bits per heavy atom. The van der Waals surface area contributed by atoms with Crippen LogP contribution in [0.2, 0.25) is 0 Å². The first-order valence-electron chi connectivity index (χ1n) is 6.90. The second-order valence-electron chi connectivity index (χ2n) is 4.67. The third-order valence-corrected chi connectivity index (χ3v) is 4.15. The van der Waals surface area contributed by atoms with Crippen molar-refractivity contribution < 1.29 is 9.47 Å². The minimum Gasteiger partial charge on any atom is -0.349 e. The summed E-state index contributed by atoms with van der Waals surface area (Å²) in [6, 6.07) is 9.51. The summed E-state index contributed by atoms with van der Waals surface area (Å²) in [6.45, 7) is 1.29. The fourth-order valence-electron chi connectivity index (χ4n) is 2.16. The number of rotatable bonds is 4. The third kappa shape index (κ3) is 2.68. The van der Waals surface area contributed by atoms with Crippen LogP contribution in [0.25, 0.3) is 17.0 Å². The number of aromatic nitrogens is 5. The van der Waals surface area contributed by atoms with Crippen molar-refractivity contribution in [3.8, 4) is 11.4 Å². The maximum atomic E-state index is 5.43. The van der Waals surface area contributed by atoms with Gasteiger partial charge >= 0.3 is 0 Å². The molecule has 112 valence electrons. The van der Waals surface area contributed by atoms with Gasteiger partial charge in [-0.05, 0) is 24.3 Å². The van der Waals surface area contributed by atoms with E-state index in [-0.39, 0.29) is 6.29 Å². The molecule has 0 atom stereocenters. The fraction of sp³-hybridized carbons (Fsp3) is 0.286. The van der Waals surface area contributed by atoms with Gasteiger partial charge in [0.2, 0.25) is 5.16 Å². The largest absolute Gasteiger partial charge is 0.349 e. The highest BCUT2D eigenvalue weighted by atomic mass is 32.2. The Morgan fingerprint density at radius 1 is 1.09 bits per heavy atom. The zero-order valence-electron chi connectivity index (χ0n) is 11.6. The summed E-state index contributed by atoms with van der Waals surface area (Å²) in [4.78, 5) is 4.32. The molecule has 0 aromatic carbocycles. The lowest BCUT2D eigenvalue weighted by atomic mass is 10.2. The Bertz CT molecular complexity index is 773. The Kier molecular flexibility index (Phi) is 3.71. The normalized spacial score (nSPS) is 15.6. The predicted molar refractivity (Wildman–Crippen MR) is 80.4 cm³/mol. The number of nitrogens with zero attached hydrogens (tertiary/aromatic N) is 5. The first-order chi connectivity index (χ1) is 10.9. The molecule has 7 nitrogen and oxygen atoms in total. The minimum absolute atomic E-state index is 0.184. The second kappa shape index (κ2) is 5.99. The Labute approximate surface area is 130 Å². The van der Waals surface area contributed by atoms with Gasteiger partial charge in [0.05, 0.1) is 24.7 Å². The Balaban J connectivity index is 1.62. The molecule has 4 rings (SSSR count). The first-order valence-corrected chi connectivity index (χ1v) is 7.88. The van der Waals surface area contributed by atoms with Crippen molar-refractivity contribution in [1.82, 2.24) is 24.8 Å². The molecule has 0 radical (unpaired) electrons. The quantitative estimate of drug-likeness (QED) is 0.678. The smallest absolute Gasteiger partial charge is 0.212 e. The van der Waals surface area contributed by atoms with Crippen molar-refractivity contribution in [2.45, 2.75) is 11.4 Å². The molecule has 1 saturated heterocycles. The van der Waals surface area contributed by atoms with Crippen molar-refractivity contribution in [2.24, 2.45) is 0 Å². The number of pyridine rings is 1. The molecule has 1 aliphatic rings. The predicted octanol–water partition coefficient (Wildman–Crippen LogP) is 1.65. The van der Waals surface area contributed by atoms with Gasteiger partial charge in [-0.1, -0.05) is 17.8 Å². The molecule has 1 aliphatic heterocycles. The molecule has 4 heterocycles. The van der Waals surface area contributed by atoms with Crippen LogP contribution < -0.4 is 0 Å². The van der Waals surface area contributed by atoms with E-state index in [2.05, 4.69) is 20.3 Å². The highest BCUT2D eigenvalue weighted by Crippen LogP contribution is 2.21. The standard InChI is InChI=1S/C14H13N5O2S/c1-2-6-15-10(3-1)11-4-5-12-16-17-14(19(12)18-11)22-9-13-20-7-8-21-13/h1-6,13H,7-9H2. The molecule has 8 heteroatoms. The number of fused-ring (bicyclic) bond motifs is 1. The van der Waals surface area contributed by atoms with Gasteiger partial charge in [-0.2, -0.15) is 9.61 Å². The molecule has 1 fully saturated rings. The van der Waals surface area contributed by atoms with Crippen LogP contribution in [-0.4, -0.2) is 50.1 Å². The summed E-state index contributed by atoms with van der Waals surface area (Å²) in [7, 11) is 0. The summed E-state index contributed by atoms with van der Waals surface area (Å²) in [5.74, 6) is 0.663. The van der Waals surface area contributed by atoms with Gasteiger partial charge in [0.1, 0.15) is 5.69 Å². The molecule has 0 amide bonds. The van der Waals surface area contributed by atoms with Crippen LogP contribution in [0.15, 0.2) is 41.7 Å². The van der Waals surface area contributed by atoms with E-state index in [4.69, 9.17) is 9.47 Å². The number of thioether (sulfide) groups is 1. The summed E-state index contributed by atoms with van der Waals surface area (Å²) < 4.78 is 12.6. The van der Waals surface area contributed by atoms with Crippen molar-refractivity contribution in [2.75, 3.05) is 19.0 Å². The molecule has 0 N–H and O–H groups in total. The maximum absolute atomic E-state index is 5.43. The summed E-state index contributed by atoms with van der Waals surface area (Å²) in [6.07, 6.45) is 1.56.